The van der Waals surface area contributed by atoms with E-state index in [1.807, 2.05) is 30.3 Å². The van der Waals surface area contributed by atoms with Crippen LogP contribution in [-0.2, 0) is 0 Å². The molecule has 1 aromatic carbocycles. The van der Waals surface area contributed by atoms with Crippen molar-refractivity contribution in [2.24, 2.45) is 11.8 Å². The van der Waals surface area contributed by atoms with Crippen molar-refractivity contribution < 1.29 is 4.74 Å². The monoisotopic (exact) mass is 260 g/mol. The third-order valence-corrected chi connectivity index (χ3v) is 3.49. The maximum absolute atomic E-state index is 5.85. The van der Waals surface area contributed by atoms with Gasteiger partial charge in [0.05, 0.1) is 6.61 Å². The van der Waals surface area contributed by atoms with Gasteiger partial charge in [-0.25, -0.2) is 0 Å². The fraction of sp³-hybridized carbons (Fsp3) is 0.556. The van der Waals surface area contributed by atoms with Gasteiger partial charge in [-0.2, -0.15) is 0 Å². The minimum absolute atomic E-state index is 0.745. The Morgan fingerprint density at radius 2 is 1.84 bits per heavy atom. The highest BCUT2D eigenvalue weighted by Crippen LogP contribution is 2.20. The lowest BCUT2D eigenvalue weighted by molar-refractivity contribution is 0.275. The Hall–Kier alpha value is -1.24. The Morgan fingerprint density at radius 1 is 1.11 bits per heavy atom. The molecule has 0 spiro atoms. The standard InChI is InChI=1S/C18H28O/c1-5-17-11-6-7-12-18(17)19-14-13-16(4)10-8-9-15(2)3/h5-7,11-12,15-16H,1,8-10,13-14H2,2-4H3. The molecule has 106 valence electrons. The van der Waals surface area contributed by atoms with Gasteiger partial charge < -0.3 is 4.74 Å². The third kappa shape index (κ3) is 6.47. The molecule has 1 nitrogen and oxygen atoms in total. The van der Waals surface area contributed by atoms with Gasteiger partial charge in [-0.1, -0.05) is 70.9 Å². The summed E-state index contributed by atoms with van der Waals surface area (Å²) in [5.74, 6) is 2.52. The van der Waals surface area contributed by atoms with Gasteiger partial charge in [-0.15, -0.1) is 0 Å². The molecule has 0 aromatic heterocycles. The van der Waals surface area contributed by atoms with Crippen LogP contribution in [0.25, 0.3) is 6.08 Å². The van der Waals surface area contributed by atoms with Crippen LogP contribution in [0.15, 0.2) is 30.8 Å². The fourth-order valence-electron chi connectivity index (χ4n) is 2.17. The zero-order valence-corrected chi connectivity index (χ0v) is 12.7. The van der Waals surface area contributed by atoms with Crippen molar-refractivity contribution in [3.8, 4) is 5.75 Å². The molecule has 1 rings (SSSR count). The van der Waals surface area contributed by atoms with E-state index in [-0.39, 0.29) is 0 Å². The van der Waals surface area contributed by atoms with Crippen LogP contribution in [0.5, 0.6) is 5.75 Å². The van der Waals surface area contributed by atoms with Gasteiger partial charge in [0.2, 0.25) is 0 Å². The van der Waals surface area contributed by atoms with Crippen LogP contribution in [-0.4, -0.2) is 6.61 Å². The summed E-state index contributed by atoms with van der Waals surface area (Å²) in [5, 5.41) is 0. The van der Waals surface area contributed by atoms with Crippen molar-refractivity contribution in [1.82, 2.24) is 0 Å². The third-order valence-electron chi connectivity index (χ3n) is 3.49. The zero-order chi connectivity index (χ0) is 14.1. The summed E-state index contributed by atoms with van der Waals surface area (Å²) in [4.78, 5) is 0. The molecule has 0 saturated heterocycles. The second-order valence-electron chi connectivity index (χ2n) is 5.81. The maximum atomic E-state index is 5.85. The molecule has 1 heteroatoms. The summed E-state index contributed by atoms with van der Waals surface area (Å²) in [7, 11) is 0. The molecule has 1 atom stereocenters. The summed E-state index contributed by atoms with van der Waals surface area (Å²) < 4.78 is 5.85. The maximum Gasteiger partial charge on any atom is 0.126 e. The molecule has 0 bridgehead atoms. The molecule has 0 fully saturated rings. The molecule has 1 unspecified atom stereocenters. The van der Waals surface area contributed by atoms with Gasteiger partial charge in [0.1, 0.15) is 5.75 Å². The van der Waals surface area contributed by atoms with Crippen molar-refractivity contribution in [3.05, 3.63) is 36.4 Å². The molecule has 0 aliphatic rings. The van der Waals surface area contributed by atoms with E-state index in [9.17, 15) is 0 Å². The van der Waals surface area contributed by atoms with Crippen molar-refractivity contribution >= 4 is 6.08 Å². The highest BCUT2D eigenvalue weighted by molar-refractivity contribution is 5.55. The Morgan fingerprint density at radius 3 is 2.53 bits per heavy atom. The number of rotatable bonds is 9. The predicted octanol–water partition coefficient (Wildman–Crippen LogP) is 5.56. The number of hydrogen-bond acceptors (Lipinski definition) is 1. The topological polar surface area (TPSA) is 9.23 Å². The minimum Gasteiger partial charge on any atom is -0.493 e. The van der Waals surface area contributed by atoms with E-state index in [2.05, 4.69) is 27.4 Å². The molecule has 0 N–H and O–H groups in total. The van der Waals surface area contributed by atoms with Crippen molar-refractivity contribution in [3.63, 3.8) is 0 Å². The fourth-order valence-corrected chi connectivity index (χ4v) is 2.17. The summed E-state index contributed by atoms with van der Waals surface area (Å²) in [5.41, 5.74) is 1.08. The van der Waals surface area contributed by atoms with Gasteiger partial charge in [0.25, 0.3) is 0 Å². The van der Waals surface area contributed by atoms with Crippen molar-refractivity contribution in [1.29, 1.82) is 0 Å². The molecule has 0 saturated carbocycles. The van der Waals surface area contributed by atoms with Gasteiger partial charge in [0.15, 0.2) is 0 Å². The van der Waals surface area contributed by atoms with Gasteiger partial charge in [-0.05, 0) is 24.3 Å². The van der Waals surface area contributed by atoms with Crippen LogP contribution >= 0.6 is 0 Å². The molecular weight excluding hydrogens is 232 g/mol. The van der Waals surface area contributed by atoms with Gasteiger partial charge in [0, 0.05) is 5.56 Å². The number of para-hydroxylation sites is 1. The van der Waals surface area contributed by atoms with Crippen molar-refractivity contribution in [2.45, 2.75) is 46.5 Å². The van der Waals surface area contributed by atoms with Crippen LogP contribution in [0, 0.1) is 11.8 Å². The molecule has 0 aliphatic heterocycles. The molecule has 0 radical (unpaired) electrons. The predicted molar refractivity (Wildman–Crippen MR) is 84.5 cm³/mol. The SMILES string of the molecule is C=Cc1ccccc1OCCC(C)CCCC(C)C. The molecule has 19 heavy (non-hydrogen) atoms. The van der Waals surface area contributed by atoms with E-state index >= 15 is 0 Å². The van der Waals surface area contributed by atoms with Crippen LogP contribution in [0.2, 0.25) is 0 Å². The number of benzene rings is 1. The largest absolute Gasteiger partial charge is 0.493 e. The normalized spacial score (nSPS) is 12.4. The molecular formula is C18H28O. The molecule has 0 amide bonds. The van der Waals surface area contributed by atoms with Crippen LogP contribution in [0.3, 0.4) is 0 Å². The van der Waals surface area contributed by atoms with E-state index in [0.29, 0.717) is 0 Å². The zero-order valence-electron chi connectivity index (χ0n) is 12.7. The second-order valence-corrected chi connectivity index (χ2v) is 5.81. The lowest BCUT2D eigenvalue weighted by Crippen LogP contribution is -2.05. The molecule has 1 aromatic rings. The Balaban J connectivity index is 2.24. The molecule has 0 aliphatic carbocycles. The van der Waals surface area contributed by atoms with E-state index < -0.39 is 0 Å². The van der Waals surface area contributed by atoms with E-state index in [4.69, 9.17) is 4.74 Å². The first kappa shape index (κ1) is 15.8. The average Bonchev–Trinajstić information content (AvgIpc) is 2.39. The summed E-state index contributed by atoms with van der Waals surface area (Å²) in [6, 6.07) is 8.07. The molecule has 0 heterocycles. The van der Waals surface area contributed by atoms with Crippen molar-refractivity contribution in [2.75, 3.05) is 6.61 Å². The Labute approximate surface area is 118 Å². The Kier molecular flexibility index (Phi) is 7.32. The average molecular weight is 260 g/mol. The van der Waals surface area contributed by atoms with Gasteiger partial charge >= 0.3 is 0 Å². The lowest BCUT2D eigenvalue weighted by atomic mass is 9.98. The lowest BCUT2D eigenvalue weighted by Gasteiger charge is -2.14. The van der Waals surface area contributed by atoms with Gasteiger partial charge in [-0.3, -0.25) is 0 Å². The quantitative estimate of drug-likeness (QED) is 0.564. The first-order valence-electron chi connectivity index (χ1n) is 7.47. The first-order valence-corrected chi connectivity index (χ1v) is 7.47. The highest BCUT2D eigenvalue weighted by atomic mass is 16.5. The van der Waals surface area contributed by atoms with E-state index in [1.165, 1.54) is 19.3 Å². The van der Waals surface area contributed by atoms with Crippen LogP contribution in [0.4, 0.5) is 0 Å². The highest BCUT2D eigenvalue weighted by Gasteiger charge is 2.05. The van der Waals surface area contributed by atoms with Crippen LogP contribution in [0.1, 0.15) is 52.0 Å². The summed E-state index contributed by atoms with van der Waals surface area (Å²) in [6.07, 6.45) is 6.96. The van der Waals surface area contributed by atoms with E-state index in [0.717, 1.165) is 36.2 Å². The summed E-state index contributed by atoms with van der Waals surface area (Å²) in [6.45, 7) is 11.5. The summed E-state index contributed by atoms with van der Waals surface area (Å²) >= 11 is 0. The smallest absolute Gasteiger partial charge is 0.126 e. The number of hydrogen-bond donors (Lipinski definition) is 0. The minimum atomic E-state index is 0.745. The Bertz CT molecular complexity index is 368. The first-order chi connectivity index (χ1) is 9.13. The second kappa shape index (κ2) is 8.79. The van der Waals surface area contributed by atoms with E-state index in [1.54, 1.807) is 0 Å². The number of ether oxygens (including phenoxy) is 1. The van der Waals surface area contributed by atoms with Crippen LogP contribution < -0.4 is 4.74 Å².